The van der Waals surface area contributed by atoms with Crippen LogP contribution in [0.25, 0.3) is 22.4 Å². The summed E-state index contributed by atoms with van der Waals surface area (Å²) in [5.41, 5.74) is 2.42. The maximum Gasteiger partial charge on any atom is 0.203 e. The number of hydrogen-bond acceptors (Lipinski definition) is 7. The number of hydrogen-bond donors (Lipinski definition) is 1. The summed E-state index contributed by atoms with van der Waals surface area (Å²) in [6.45, 7) is 2.73. The topological polar surface area (TPSA) is 95.6 Å². The van der Waals surface area contributed by atoms with Crippen LogP contribution in [0.15, 0.2) is 24.5 Å². The van der Waals surface area contributed by atoms with Gasteiger partial charge in [-0.1, -0.05) is 0 Å². The van der Waals surface area contributed by atoms with Crippen LogP contribution < -0.4 is 14.2 Å². The van der Waals surface area contributed by atoms with E-state index in [1.807, 2.05) is 6.92 Å². The predicted octanol–water partition coefficient (Wildman–Crippen LogP) is 2.87. The number of aromatic amines is 1. The van der Waals surface area contributed by atoms with Crippen molar-refractivity contribution in [2.24, 2.45) is 5.41 Å². The van der Waals surface area contributed by atoms with Crippen LogP contribution in [-0.4, -0.2) is 55.3 Å². The van der Waals surface area contributed by atoms with Crippen molar-refractivity contribution < 1.29 is 23.7 Å². The first kappa shape index (κ1) is 18.2. The van der Waals surface area contributed by atoms with Crippen LogP contribution in [-0.2, 0) is 4.74 Å². The Morgan fingerprint density at radius 2 is 1.82 bits per heavy atom. The van der Waals surface area contributed by atoms with Crippen molar-refractivity contribution in [1.82, 2.24) is 15.0 Å². The van der Waals surface area contributed by atoms with Crippen molar-refractivity contribution in [2.45, 2.75) is 6.92 Å². The molecule has 146 valence electrons. The molecule has 0 bridgehead atoms. The highest BCUT2D eigenvalue weighted by atomic mass is 16.5. The molecule has 4 rings (SSSR count). The van der Waals surface area contributed by atoms with Crippen molar-refractivity contribution in [3.63, 3.8) is 0 Å². The molecule has 2 aromatic heterocycles. The lowest BCUT2D eigenvalue weighted by atomic mass is 9.81. The average Bonchev–Trinajstić information content (AvgIpc) is 3.13. The Labute approximate surface area is 161 Å². The van der Waals surface area contributed by atoms with Crippen molar-refractivity contribution in [2.75, 3.05) is 34.5 Å². The van der Waals surface area contributed by atoms with Crippen LogP contribution in [0, 0.1) is 5.41 Å². The van der Waals surface area contributed by atoms with Crippen molar-refractivity contribution >= 4 is 16.9 Å². The largest absolute Gasteiger partial charge is 0.493 e. The molecule has 1 aliphatic rings. The highest BCUT2D eigenvalue weighted by Gasteiger charge is 2.42. The standard InChI is InChI=1S/C20H21N3O5/c1-20(9-28-10-20)18(24)12-7-21-19-16(12)23-13(8-22-19)11-5-14(25-2)17(27-4)15(6-11)26-3/h5-8H,9-10H2,1-4H3,(H,21,22). The van der Waals surface area contributed by atoms with Crippen LogP contribution in [0.4, 0.5) is 0 Å². The van der Waals surface area contributed by atoms with E-state index in [1.165, 1.54) is 0 Å². The van der Waals surface area contributed by atoms with E-state index in [0.717, 1.165) is 5.56 Å². The van der Waals surface area contributed by atoms with Gasteiger partial charge in [-0.05, 0) is 19.1 Å². The first-order chi connectivity index (χ1) is 13.5. The predicted molar refractivity (Wildman–Crippen MR) is 102 cm³/mol. The van der Waals surface area contributed by atoms with Gasteiger partial charge in [0.05, 0.1) is 57.4 Å². The van der Waals surface area contributed by atoms with Crippen LogP contribution in [0.2, 0.25) is 0 Å². The van der Waals surface area contributed by atoms with E-state index in [2.05, 4.69) is 9.97 Å². The second-order valence-electron chi connectivity index (χ2n) is 6.95. The minimum atomic E-state index is -0.515. The van der Waals surface area contributed by atoms with Crippen LogP contribution >= 0.6 is 0 Å². The minimum Gasteiger partial charge on any atom is -0.493 e. The van der Waals surface area contributed by atoms with E-state index < -0.39 is 5.41 Å². The summed E-state index contributed by atoms with van der Waals surface area (Å²) in [7, 11) is 4.66. The van der Waals surface area contributed by atoms with E-state index in [4.69, 9.17) is 23.9 Å². The summed E-state index contributed by atoms with van der Waals surface area (Å²) in [5, 5.41) is 0. The molecule has 8 nitrogen and oxygen atoms in total. The number of methoxy groups -OCH3 is 3. The molecule has 0 saturated carbocycles. The second kappa shape index (κ2) is 6.79. The Morgan fingerprint density at radius 3 is 2.36 bits per heavy atom. The number of ketones is 1. The first-order valence-electron chi connectivity index (χ1n) is 8.78. The van der Waals surface area contributed by atoms with Gasteiger partial charge in [0.2, 0.25) is 5.75 Å². The Kier molecular flexibility index (Phi) is 4.43. The van der Waals surface area contributed by atoms with Crippen LogP contribution in [0.3, 0.4) is 0 Å². The molecule has 0 amide bonds. The van der Waals surface area contributed by atoms with E-state index >= 15 is 0 Å². The molecule has 1 aromatic carbocycles. The summed E-state index contributed by atoms with van der Waals surface area (Å²) in [6, 6.07) is 3.60. The summed E-state index contributed by atoms with van der Waals surface area (Å²) in [6.07, 6.45) is 3.30. The summed E-state index contributed by atoms with van der Waals surface area (Å²) >= 11 is 0. The van der Waals surface area contributed by atoms with Crippen LogP contribution in [0.5, 0.6) is 17.2 Å². The molecule has 1 fully saturated rings. The van der Waals surface area contributed by atoms with Crippen LogP contribution in [0.1, 0.15) is 17.3 Å². The number of rotatable bonds is 6. The molecule has 0 radical (unpaired) electrons. The van der Waals surface area contributed by atoms with Gasteiger partial charge < -0.3 is 23.9 Å². The Bertz CT molecular complexity index is 1030. The molecule has 3 aromatic rings. The van der Waals surface area contributed by atoms with Crippen molar-refractivity contribution in [3.8, 4) is 28.5 Å². The molecule has 1 aliphatic heterocycles. The minimum absolute atomic E-state index is 0.00124. The number of Topliss-reactive ketones (excluding diaryl/α,β-unsaturated/α-hetero) is 1. The molecule has 1 saturated heterocycles. The Hall–Kier alpha value is -3.13. The lowest BCUT2D eigenvalue weighted by Crippen LogP contribution is -2.46. The Balaban J connectivity index is 1.82. The number of benzene rings is 1. The van der Waals surface area contributed by atoms with Gasteiger partial charge in [0, 0.05) is 11.8 Å². The quantitative estimate of drug-likeness (QED) is 0.654. The normalized spacial score (nSPS) is 15.1. The zero-order valence-electron chi connectivity index (χ0n) is 16.2. The van der Waals surface area contributed by atoms with Crippen molar-refractivity contribution in [3.05, 3.63) is 30.1 Å². The van der Waals surface area contributed by atoms with Gasteiger partial charge in [-0.25, -0.2) is 9.97 Å². The van der Waals surface area contributed by atoms with Gasteiger partial charge >= 0.3 is 0 Å². The molecule has 0 aliphatic carbocycles. The SMILES string of the molecule is COc1cc(-c2cnc3[nH]cc(C(=O)C4(C)COC4)c3n2)cc(OC)c1OC. The van der Waals surface area contributed by atoms with Gasteiger partial charge in [-0.15, -0.1) is 0 Å². The average molecular weight is 383 g/mol. The zero-order chi connectivity index (χ0) is 19.9. The number of ether oxygens (including phenoxy) is 4. The summed E-state index contributed by atoms with van der Waals surface area (Å²) in [4.78, 5) is 25.1. The molecule has 3 heterocycles. The third-order valence-electron chi connectivity index (χ3n) is 4.98. The molecule has 28 heavy (non-hydrogen) atoms. The lowest BCUT2D eigenvalue weighted by molar-refractivity contribution is -0.0767. The first-order valence-corrected chi connectivity index (χ1v) is 8.78. The highest BCUT2D eigenvalue weighted by Crippen LogP contribution is 2.41. The van der Waals surface area contributed by atoms with Crippen molar-refractivity contribution in [1.29, 1.82) is 0 Å². The summed E-state index contributed by atoms with van der Waals surface area (Å²) in [5.74, 6) is 1.53. The van der Waals surface area contributed by atoms with Gasteiger partial charge in [0.25, 0.3) is 0 Å². The number of H-pyrrole nitrogens is 1. The fraction of sp³-hybridized carbons (Fsp3) is 0.350. The maximum atomic E-state index is 12.9. The fourth-order valence-corrected chi connectivity index (χ4v) is 3.30. The third kappa shape index (κ3) is 2.77. The number of aromatic nitrogens is 3. The van der Waals surface area contributed by atoms with Gasteiger partial charge in [0.1, 0.15) is 5.52 Å². The maximum absolute atomic E-state index is 12.9. The zero-order valence-corrected chi connectivity index (χ0v) is 16.2. The van der Waals surface area contributed by atoms with E-state index in [0.29, 0.717) is 52.9 Å². The number of carbonyl (C=O) groups excluding carboxylic acids is 1. The van der Waals surface area contributed by atoms with E-state index in [1.54, 1.807) is 45.9 Å². The lowest BCUT2D eigenvalue weighted by Gasteiger charge is -2.36. The summed E-state index contributed by atoms with van der Waals surface area (Å²) < 4.78 is 21.4. The highest BCUT2D eigenvalue weighted by molar-refractivity contribution is 6.09. The number of nitrogens with one attached hydrogen (secondary N) is 1. The molecule has 0 spiro atoms. The fourth-order valence-electron chi connectivity index (χ4n) is 3.30. The molecular weight excluding hydrogens is 362 g/mol. The Morgan fingerprint density at radius 1 is 1.14 bits per heavy atom. The molecular formula is C20H21N3O5. The molecule has 8 heteroatoms. The molecule has 0 unspecified atom stereocenters. The van der Waals surface area contributed by atoms with E-state index in [-0.39, 0.29) is 5.78 Å². The van der Waals surface area contributed by atoms with Gasteiger partial charge in [0.15, 0.2) is 22.9 Å². The van der Waals surface area contributed by atoms with E-state index in [9.17, 15) is 4.79 Å². The van der Waals surface area contributed by atoms with Gasteiger partial charge in [-0.3, -0.25) is 4.79 Å². The smallest absolute Gasteiger partial charge is 0.203 e. The second-order valence-corrected chi connectivity index (χ2v) is 6.95. The third-order valence-corrected chi connectivity index (χ3v) is 4.98. The molecule has 1 N–H and O–H groups in total. The molecule has 0 atom stereocenters. The number of fused-ring (bicyclic) bond motifs is 1. The number of nitrogens with zero attached hydrogens (tertiary/aromatic N) is 2. The monoisotopic (exact) mass is 383 g/mol. The number of carbonyl (C=O) groups is 1. The van der Waals surface area contributed by atoms with Gasteiger partial charge in [-0.2, -0.15) is 0 Å².